The van der Waals surface area contributed by atoms with Gasteiger partial charge in [-0.3, -0.25) is 4.90 Å². The van der Waals surface area contributed by atoms with Crippen LogP contribution in [-0.4, -0.2) is 78.6 Å². The van der Waals surface area contributed by atoms with Gasteiger partial charge in [0.25, 0.3) is 0 Å². The van der Waals surface area contributed by atoms with Crippen LogP contribution in [0.4, 0.5) is 11.8 Å². The topological polar surface area (TPSA) is 73.8 Å². The molecule has 0 aromatic carbocycles. The molecule has 0 atom stereocenters. The highest BCUT2D eigenvalue weighted by atomic mass is 16.5. The minimum absolute atomic E-state index is 0.101. The maximum atomic E-state index is 8.96. The van der Waals surface area contributed by atoms with E-state index >= 15 is 0 Å². The van der Waals surface area contributed by atoms with E-state index in [1.165, 1.54) is 0 Å². The number of ether oxygens (including phenoxy) is 1. The molecular weight excluding hydrogens is 294 g/mol. The van der Waals surface area contributed by atoms with Crippen LogP contribution in [0.3, 0.4) is 0 Å². The number of aliphatic hydroxyl groups is 1. The van der Waals surface area contributed by atoms with Crippen molar-refractivity contribution >= 4 is 11.8 Å². The summed E-state index contributed by atoms with van der Waals surface area (Å²) in [6.45, 7) is 8.41. The molecule has 0 spiro atoms. The summed E-state index contributed by atoms with van der Waals surface area (Å²) in [6.07, 6.45) is 4.16. The minimum Gasteiger partial charge on any atom is -0.395 e. The number of nitrogens with one attached hydrogen (secondary N) is 1. The van der Waals surface area contributed by atoms with Gasteiger partial charge in [0.15, 0.2) is 0 Å². The average Bonchev–Trinajstić information content (AvgIpc) is 2.62. The van der Waals surface area contributed by atoms with Crippen LogP contribution >= 0.6 is 0 Å². The quantitative estimate of drug-likeness (QED) is 0.817. The SMILES string of the molecule is Cc1cnc(N2CCC(N3CCOCC3)CC2)nc1NCCO. The molecule has 0 bridgehead atoms. The number of anilines is 2. The molecule has 3 rings (SSSR count). The third kappa shape index (κ3) is 4.10. The van der Waals surface area contributed by atoms with E-state index in [1.807, 2.05) is 13.1 Å². The molecule has 2 N–H and O–H groups in total. The first-order valence-electron chi connectivity index (χ1n) is 8.53. The van der Waals surface area contributed by atoms with Crippen LogP contribution in [0.1, 0.15) is 18.4 Å². The highest BCUT2D eigenvalue weighted by molar-refractivity contribution is 5.47. The van der Waals surface area contributed by atoms with Gasteiger partial charge in [-0.2, -0.15) is 4.98 Å². The molecule has 2 aliphatic rings. The Labute approximate surface area is 137 Å². The van der Waals surface area contributed by atoms with Crippen LogP contribution in [0.5, 0.6) is 0 Å². The molecule has 128 valence electrons. The first kappa shape index (κ1) is 16.4. The van der Waals surface area contributed by atoms with Crippen LogP contribution in [0.15, 0.2) is 6.20 Å². The fourth-order valence-electron chi connectivity index (χ4n) is 3.31. The van der Waals surface area contributed by atoms with Crippen LogP contribution in [0.2, 0.25) is 0 Å². The second kappa shape index (κ2) is 7.90. The van der Waals surface area contributed by atoms with Crippen LogP contribution < -0.4 is 10.2 Å². The maximum Gasteiger partial charge on any atom is 0.227 e. The largest absolute Gasteiger partial charge is 0.395 e. The van der Waals surface area contributed by atoms with Crippen LogP contribution in [0.25, 0.3) is 0 Å². The lowest BCUT2D eigenvalue weighted by atomic mass is 10.0. The summed E-state index contributed by atoms with van der Waals surface area (Å²) in [5, 5.41) is 12.1. The Bertz CT molecular complexity index is 499. The monoisotopic (exact) mass is 321 g/mol. The Morgan fingerprint density at radius 2 is 2.00 bits per heavy atom. The van der Waals surface area contributed by atoms with E-state index in [2.05, 4.69) is 25.1 Å². The van der Waals surface area contributed by atoms with Crippen molar-refractivity contribution in [1.82, 2.24) is 14.9 Å². The summed E-state index contributed by atoms with van der Waals surface area (Å²) in [6, 6.07) is 0.660. The Kier molecular flexibility index (Phi) is 5.64. The highest BCUT2D eigenvalue weighted by Gasteiger charge is 2.26. The molecule has 23 heavy (non-hydrogen) atoms. The molecule has 7 heteroatoms. The van der Waals surface area contributed by atoms with E-state index in [1.54, 1.807) is 0 Å². The fourth-order valence-corrected chi connectivity index (χ4v) is 3.31. The normalized spacial score (nSPS) is 20.7. The van der Waals surface area contributed by atoms with Crippen LogP contribution in [0, 0.1) is 6.92 Å². The lowest BCUT2D eigenvalue weighted by Gasteiger charge is -2.40. The van der Waals surface area contributed by atoms with Crippen molar-refractivity contribution < 1.29 is 9.84 Å². The van der Waals surface area contributed by atoms with Crippen molar-refractivity contribution in [2.24, 2.45) is 0 Å². The zero-order valence-corrected chi connectivity index (χ0v) is 13.9. The van der Waals surface area contributed by atoms with E-state index in [0.29, 0.717) is 12.6 Å². The molecule has 0 aliphatic carbocycles. The molecule has 0 amide bonds. The zero-order valence-electron chi connectivity index (χ0n) is 13.9. The van der Waals surface area contributed by atoms with E-state index in [-0.39, 0.29) is 6.61 Å². The summed E-state index contributed by atoms with van der Waals surface area (Å²) in [7, 11) is 0. The summed E-state index contributed by atoms with van der Waals surface area (Å²) in [4.78, 5) is 13.9. The molecule has 1 aromatic rings. The van der Waals surface area contributed by atoms with Gasteiger partial charge >= 0.3 is 0 Å². The smallest absolute Gasteiger partial charge is 0.227 e. The van der Waals surface area contributed by atoms with Crippen molar-refractivity contribution in [2.45, 2.75) is 25.8 Å². The van der Waals surface area contributed by atoms with Gasteiger partial charge in [0.2, 0.25) is 5.95 Å². The first-order valence-corrected chi connectivity index (χ1v) is 8.53. The Hall–Kier alpha value is -1.44. The second-order valence-electron chi connectivity index (χ2n) is 6.22. The number of aromatic nitrogens is 2. The number of nitrogens with zero attached hydrogens (tertiary/aromatic N) is 4. The molecule has 0 saturated carbocycles. The van der Waals surface area contributed by atoms with Gasteiger partial charge in [-0.1, -0.05) is 0 Å². The van der Waals surface area contributed by atoms with Crippen molar-refractivity contribution in [1.29, 1.82) is 0 Å². The highest BCUT2D eigenvalue weighted by Crippen LogP contribution is 2.22. The molecule has 0 radical (unpaired) electrons. The average molecular weight is 321 g/mol. The summed E-state index contributed by atoms with van der Waals surface area (Å²) in [5.41, 5.74) is 1.01. The predicted molar refractivity (Wildman–Crippen MR) is 90.0 cm³/mol. The van der Waals surface area contributed by atoms with Gasteiger partial charge in [-0.25, -0.2) is 4.98 Å². The predicted octanol–water partition coefficient (Wildman–Crippen LogP) is 0.490. The number of aryl methyl sites for hydroxylation is 1. The molecule has 0 unspecified atom stereocenters. The van der Waals surface area contributed by atoms with Gasteiger partial charge in [0, 0.05) is 50.5 Å². The van der Waals surface area contributed by atoms with Gasteiger partial charge in [0.05, 0.1) is 19.8 Å². The van der Waals surface area contributed by atoms with Gasteiger partial charge in [-0.05, 0) is 19.8 Å². The number of morpholine rings is 1. The van der Waals surface area contributed by atoms with Crippen LogP contribution in [-0.2, 0) is 4.74 Å². The van der Waals surface area contributed by atoms with E-state index in [9.17, 15) is 0 Å². The Morgan fingerprint density at radius 1 is 1.26 bits per heavy atom. The second-order valence-corrected chi connectivity index (χ2v) is 6.22. The maximum absolute atomic E-state index is 8.96. The first-order chi connectivity index (χ1) is 11.3. The summed E-state index contributed by atoms with van der Waals surface area (Å²) < 4.78 is 5.44. The van der Waals surface area contributed by atoms with E-state index < -0.39 is 0 Å². The molecule has 2 fully saturated rings. The number of rotatable bonds is 5. The van der Waals surface area contributed by atoms with Crippen molar-refractivity contribution in [3.05, 3.63) is 11.8 Å². The molecule has 2 saturated heterocycles. The van der Waals surface area contributed by atoms with Gasteiger partial charge in [0.1, 0.15) is 5.82 Å². The third-order valence-electron chi connectivity index (χ3n) is 4.67. The van der Waals surface area contributed by atoms with Gasteiger partial charge < -0.3 is 20.1 Å². The van der Waals surface area contributed by atoms with Crippen molar-refractivity contribution in [3.8, 4) is 0 Å². The van der Waals surface area contributed by atoms with Crippen molar-refractivity contribution in [2.75, 3.05) is 62.8 Å². The standard InChI is InChI=1S/C16H27N5O2/c1-13-12-18-16(19-15(13)17-4-9-22)21-5-2-14(3-6-21)20-7-10-23-11-8-20/h12,14,22H,2-11H2,1H3,(H,17,18,19). The van der Waals surface area contributed by atoms with E-state index in [0.717, 1.165) is 69.6 Å². The molecule has 1 aromatic heterocycles. The molecule has 2 aliphatic heterocycles. The number of piperidine rings is 1. The minimum atomic E-state index is 0.101. The third-order valence-corrected chi connectivity index (χ3v) is 4.67. The number of hydrogen-bond donors (Lipinski definition) is 2. The molecule has 3 heterocycles. The lowest BCUT2D eigenvalue weighted by molar-refractivity contribution is 0.0114. The lowest BCUT2D eigenvalue weighted by Crippen LogP contribution is -2.49. The number of aliphatic hydroxyl groups excluding tert-OH is 1. The van der Waals surface area contributed by atoms with E-state index in [4.69, 9.17) is 9.84 Å². The Balaban J connectivity index is 1.58. The van der Waals surface area contributed by atoms with Gasteiger partial charge in [-0.15, -0.1) is 0 Å². The number of hydrogen-bond acceptors (Lipinski definition) is 7. The summed E-state index contributed by atoms with van der Waals surface area (Å²) >= 11 is 0. The fraction of sp³-hybridized carbons (Fsp3) is 0.750. The Morgan fingerprint density at radius 3 is 2.70 bits per heavy atom. The van der Waals surface area contributed by atoms with Crippen molar-refractivity contribution in [3.63, 3.8) is 0 Å². The molecule has 7 nitrogen and oxygen atoms in total. The zero-order chi connectivity index (χ0) is 16.1. The molecular formula is C16H27N5O2. The summed E-state index contributed by atoms with van der Waals surface area (Å²) in [5.74, 6) is 1.61.